The molecule has 2 N–H and O–H groups in total. The van der Waals surface area contributed by atoms with Crippen molar-refractivity contribution < 1.29 is 9.53 Å². The fraction of sp³-hybridized carbons (Fsp3) is 0.211. The van der Waals surface area contributed by atoms with Gasteiger partial charge in [0.25, 0.3) is 0 Å². The van der Waals surface area contributed by atoms with Gasteiger partial charge in [-0.3, -0.25) is 4.79 Å². The summed E-state index contributed by atoms with van der Waals surface area (Å²) < 4.78 is 5.70. The summed E-state index contributed by atoms with van der Waals surface area (Å²) in [6.45, 7) is 0.976. The first-order valence-electron chi connectivity index (χ1n) is 7.84. The molecule has 2 aromatic carbocycles. The molecule has 0 spiro atoms. The highest BCUT2D eigenvalue weighted by Gasteiger charge is 2.25. The molecule has 1 aromatic heterocycles. The van der Waals surface area contributed by atoms with Crippen LogP contribution in [0.3, 0.4) is 0 Å². The molecule has 0 saturated carbocycles. The summed E-state index contributed by atoms with van der Waals surface area (Å²) in [6.07, 6.45) is 2.65. The van der Waals surface area contributed by atoms with Gasteiger partial charge in [0.05, 0.1) is 5.92 Å². The third-order valence-corrected chi connectivity index (χ3v) is 4.39. The lowest BCUT2D eigenvalue weighted by Crippen LogP contribution is -2.37. The molecular weight excluding hydrogens is 288 g/mol. The normalized spacial score (nSPS) is 16.6. The predicted molar refractivity (Wildman–Crippen MR) is 89.3 cm³/mol. The molecule has 23 heavy (non-hydrogen) atoms. The minimum absolute atomic E-state index is 0.0482. The van der Waals surface area contributed by atoms with E-state index in [0.29, 0.717) is 13.2 Å². The van der Waals surface area contributed by atoms with Crippen LogP contribution >= 0.6 is 0 Å². The summed E-state index contributed by atoms with van der Waals surface area (Å²) in [5.41, 5.74) is 3.31. The predicted octanol–water partition coefficient (Wildman–Crippen LogP) is 3.04. The molecule has 116 valence electrons. The van der Waals surface area contributed by atoms with Crippen LogP contribution in [0.5, 0.6) is 5.75 Å². The van der Waals surface area contributed by atoms with Crippen LogP contribution in [0.1, 0.15) is 11.1 Å². The molecule has 0 bridgehead atoms. The van der Waals surface area contributed by atoms with E-state index >= 15 is 0 Å². The van der Waals surface area contributed by atoms with Crippen molar-refractivity contribution in [3.63, 3.8) is 0 Å². The van der Waals surface area contributed by atoms with Crippen LogP contribution in [0.15, 0.2) is 54.7 Å². The van der Waals surface area contributed by atoms with Gasteiger partial charge in [0.15, 0.2) is 0 Å². The molecule has 1 amide bonds. The van der Waals surface area contributed by atoms with E-state index in [1.54, 1.807) is 0 Å². The van der Waals surface area contributed by atoms with Crippen molar-refractivity contribution >= 4 is 16.8 Å². The number of fused-ring (bicyclic) bond motifs is 2. The average Bonchev–Trinajstić information content (AvgIpc) is 3.08. The molecule has 4 rings (SSSR count). The van der Waals surface area contributed by atoms with Crippen molar-refractivity contribution in [1.29, 1.82) is 0 Å². The summed E-state index contributed by atoms with van der Waals surface area (Å²) in [5.74, 6) is 0.816. The number of H-pyrrole nitrogens is 1. The van der Waals surface area contributed by atoms with Gasteiger partial charge in [0.2, 0.25) is 5.91 Å². The number of benzene rings is 2. The monoisotopic (exact) mass is 306 g/mol. The third kappa shape index (κ3) is 2.68. The van der Waals surface area contributed by atoms with E-state index in [9.17, 15) is 4.79 Å². The van der Waals surface area contributed by atoms with Crippen molar-refractivity contribution in [2.75, 3.05) is 6.61 Å². The molecule has 1 aliphatic heterocycles. The summed E-state index contributed by atoms with van der Waals surface area (Å²) in [7, 11) is 0. The van der Waals surface area contributed by atoms with E-state index < -0.39 is 0 Å². The van der Waals surface area contributed by atoms with E-state index in [1.165, 1.54) is 0 Å². The standard InChI is InChI=1S/C19H18N2O2/c22-19(15-10-13-4-1-2-7-18(13)23-12-15)21-11-14-5-3-6-17-16(14)8-9-20-17/h1-9,15,20H,10-12H2,(H,21,22). The van der Waals surface area contributed by atoms with Gasteiger partial charge in [-0.05, 0) is 35.7 Å². The molecule has 0 aliphatic carbocycles. The third-order valence-electron chi connectivity index (χ3n) is 4.39. The minimum Gasteiger partial charge on any atom is -0.492 e. The van der Waals surface area contributed by atoms with Crippen molar-refractivity contribution in [3.05, 3.63) is 65.9 Å². The van der Waals surface area contributed by atoms with Crippen LogP contribution < -0.4 is 10.1 Å². The Labute approximate surface area is 134 Å². The molecule has 4 nitrogen and oxygen atoms in total. The van der Waals surface area contributed by atoms with Gasteiger partial charge in [-0.25, -0.2) is 0 Å². The van der Waals surface area contributed by atoms with Gasteiger partial charge in [-0.15, -0.1) is 0 Å². The molecule has 0 radical (unpaired) electrons. The first-order chi connectivity index (χ1) is 11.3. The Morgan fingerprint density at radius 2 is 2.09 bits per heavy atom. The molecule has 3 aromatic rings. The number of aromatic nitrogens is 1. The van der Waals surface area contributed by atoms with Gasteiger partial charge in [-0.2, -0.15) is 0 Å². The van der Waals surface area contributed by atoms with Crippen molar-refractivity contribution in [3.8, 4) is 5.75 Å². The highest BCUT2D eigenvalue weighted by molar-refractivity contribution is 5.84. The summed E-state index contributed by atoms with van der Waals surface area (Å²) in [4.78, 5) is 15.6. The number of carbonyl (C=O) groups excluding carboxylic acids is 1. The first-order valence-corrected chi connectivity index (χ1v) is 7.84. The van der Waals surface area contributed by atoms with Crippen LogP contribution in [0.25, 0.3) is 10.9 Å². The first kappa shape index (κ1) is 13.9. The molecule has 2 heterocycles. The fourth-order valence-electron chi connectivity index (χ4n) is 3.13. The van der Waals surface area contributed by atoms with E-state index in [4.69, 9.17) is 4.74 Å². The Morgan fingerprint density at radius 3 is 3.04 bits per heavy atom. The number of carbonyl (C=O) groups is 1. The molecule has 0 fully saturated rings. The lowest BCUT2D eigenvalue weighted by Gasteiger charge is -2.24. The maximum absolute atomic E-state index is 12.5. The number of nitrogens with one attached hydrogen (secondary N) is 2. The molecule has 1 atom stereocenters. The Balaban J connectivity index is 1.44. The average molecular weight is 306 g/mol. The molecular formula is C19H18N2O2. The van der Waals surface area contributed by atoms with Crippen molar-refractivity contribution in [2.24, 2.45) is 5.92 Å². The van der Waals surface area contributed by atoms with E-state index in [2.05, 4.69) is 10.3 Å². The summed E-state index contributed by atoms with van der Waals surface area (Å²) >= 11 is 0. The van der Waals surface area contributed by atoms with Gasteiger partial charge in [-0.1, -0.05) is 30.3 Å². The quantitative estimate of drug-likeness (QED) is 0.781. The van der Waals surface area contributed by atoms with Crippen LogP contribution in [0.2, 0.25) is 0 Å². The molecule has 4 heteroatoms. The number of aromatic amines is 1. The smallest absolute Gasteiger partial charge is 0.227 e. The maximum Gasteiger partial charge on any atom is 0.227 e. The number of hydrogen-bond acceptors (Lipinski definition) is 2. The van der Waals surface area contributed by atoms with Crippen molar-refractivity contribution in [2.45, 2.75) is 13.0 Å². The topological polar surface area (TPSA) is 54.1 Å². The Morgan fingerprint density at radius 1 is 1.17 bits per heavy atom. The lowest BCUT2D eigenvalue weighted by atomic mass is 9.96. The van der Waals surface area contributed by atoms with Gasteiger partial charge in [0, 0.05) is 23.6 Å². The van der Waals surface area contributed by atoms with E-state index in [1.807, 2.05) is 54.7 Å². The number of para-hydroxylation sites is 1. The van der Waals surface area contributed by atoms with Crippen LogP contribution in [-0.4, -0.2) is 17.5 Å². The zero-order valence-electron chi connectivity index (χ0n) is 12.7. The minimum atomic E-state index is -0.129. The molecule has 1 unspecified atom stereocenters. The van der Waals surface area contributed by atoms with Gasteiger partial charge >= 0.3 is 0 Å². The van der Waals surface area contributed by atoms with Gasteiger partial charge < -0.3 is 15.0 Å². The van der Waals surface area contributed by atoms with Gasteiger partial charge in [0.1, 0.15) is 12.4 Å². The number of hydrogen-bond donors (Lipinski definition) is 2. The second-order valence-electron chi connectivity index (χ2n) is 5.89. The van der Waals surface area contributed by atoms with Crippen LogP contribution in [0, 0.1) is 5.92 Å². The van der Waals surface area contributed by atoms with E-state index in [-0.39, 0.29) is 11.8 Å². The fourth-order valence-corrected chi connectivity index (χ4v) is 3.13. The van der Waals surface area contributed by atoms with Crippen molar-refractivity contribution in [1.82, 2.24) is 10.3 Å². The van der Waals surface area contributed by atoms with Crippen LogP contribution in [-0.2, 0) is 17.8 Å². The maximum atomic E-state index is 12.5. The second kappa shape index (κ2) is 5.80. The highest BCUT2D eigenvalue weighted by atomic mass is 16.5. The summed E-state index contributed by atoms with van der Waals surface area (Å²) in [5, 5.41) is 4.20. The second-order valence-corrected chi connectivity index (χ2v) is 5.89. The summed E-state index contributed by atoms with van der Waals surface area (Å²) in [6, 6.07) is 16.0. The Bertz CT molecular complexity index is 853. The van der Waals surface area contributed by atoms with Crippen LogP contribution in [0.4, 0.5) is 0 Å². The molecule has 0 saturated heterocycles. The number of rotatable bonds is 3. The zero-order valence-corrected chi connectivity index (χ0v) is 12.7. The van der Waals surface area contributed by atoms with E-state index in [0.717, 1.165) is 34.2 Å². The largest absolute Gasteiger partial charge is 0.492 e. The Kier molecular flexibility index (Phi) is 3.50. The number of ether oxygens (including phenoxy) is 1. The lowest BCUT2D eigenvalue weighted by molar-refractivity contribution is -0.126. The zero-order chi connectivity index (χ0) is 15.6. The molecule has 1 aliphatic rings. The SMILES string of the molecule is O=C(NCc1cccc2[nH]ccc12)C1COc2ccccc2C1. The highest BCUT2D eigenvalue weighted by Crippen LogP contribution is 2.27. The number of amides is 1. The Hall–Kier alpha value is -2.75.